The molecule has 0 spiro atoms. The van der Waals surface area contributed by atoms with E-state index in [0.29, 0.717) is 13.8 Å². The number of hydrogen-bond donors (Lipinski definition) is 2. The highest BCUT2D eigenvalue weighted by atomic mass is 32.2. The summed E-state index contributed by atoms with van der Waals surface area (Å²) in [6, 6.07) is 0. The van der Waals surface area contributed by atoms with Gasteiger partial charge in [-0.3, -0.25) is 28.3 Å². The molecule has 2 aliphatic carbocycles. The van der Waals surface area contributed by atoms with Crippen molar-refractivity contribution in [2.45, 2.75) is 147 Å². The SMILES string of the molecule is CCC(C)(CC(C)C(=O)OC1(C)CCC(C(=O)OC(C)C(F)(F)S(=O)(=O)O)CC1)C(=O)OC1(C)CCC(C(=O)OC(C)C(F)(F)S(=O)(=O)O)CC1. The second kappa shape index (κ2) is 15.8. The van der Waals surface area contributed by atoms with E-state index in [9.17, 15) is 53.6 Å². The molecule has 2 aliphatic rings. The molecule has 0 saturated heterocycles. The summed E-state index contributed by atoms with van der Waals surface area (Å²) in [5.41, 5.74) is -3.24. The molecule has 0 aliphatic heterocycles. The van der Waals surface area contributed by atoms with Crippen LogP contribution in [0.3, 0.4) is 0 Å². The quantitative estimate of drug-likeness (QED) is 0.0941. The van der Waals surface area contributed by atoms with E-state index in [2.05, 4.69) is 9.47 Å². The Hall–Kier alpha value is -2.58. The summed E-state index contributed by atoms with van der Waals surface area (Å²) < 4.78 is 137. The fraction of sp³-hybridized carbons (Fsp3) is 0.871. The van der Waals surface area contributed by atoms with Gasteiger partial charge in [-0.2, -0.15) is 34.4 Å². The minimum Gasteiger partial charge on any atom is -0.459 e. The lowest BCUT2D eigenvalue weighted by molar-refractivity contribution is -0.180. The molecule has 51 heavy (non-hydrogen) atoms. The zero-order chi connectivity index (χ0) is 39.6. The molecule has 2 rings (SSSR count). The van der Waals surface area contributed by atoms with Crippen LogP contribution < -0.4 is 0 Å². The van der Waals surface area contributed by atoms with Crippen LogP contribution in [0.25, 0.3) is 0 Å². The van der Waals surface area contributed by atoms with Crippen molar-refractivity contribution in [2.75, 3.05) is 0 Å². The first-order chi connectivity index (χ1) is 22.9. The Morgan fingerprint density at radius 1 is 0.725 bits per heavy atom. The third-order valence-electron chi connectivity index (χ3n) is 10.1. The van der Waals surface area contributed by atoms with Crippen LogP contribution in [0.1, 0.15) is 113 Å². The number of alkyl halides is 4. The first-order valence-corrected chi connectivity index (χ1v) is 19.4. The lowest BCUT2D eigenvalue weighted by Crippen LogP contribution is -2.45. The van der Waals surface area contributed by atoms with Gasteiger partial charge < -0.3 is 18.9 Å². The Bertz CT molecular complexity index is 1520. The molecule has 4 atom stereocenters. The molecule has 0 heterocycles. The maximum absolute atomic E-state index is 13.8. The normalized spacial score (nSPS) is 27.9. The number of carbonyl (C=O) groups is 4. The first-order valence-electron chi connectivity index (χ1n) is 16.5. The van der Waals surface area contributed by atoms with Crippen molar-refractivity contribution in [3.8, 4) is 0 Å². The van der Waals surface area contributed by atoms with Crippen LogP contribution in [0, 0.1) is 23.2 Å². The van der Waals surface area contributed by atoms with Crippen molar-refractivity contribution in [1.82, 2.24) is 0 Å². The molecule has 0 bridgehead atoms. The molecule has 20 heteroatoms. The highest BCUT2D eigenvalue weighted by molar-refractivity contribution is 7.87. The molecule has 0 aromatic heterocycles. The Labute approximate surface area is 295 Å². The van der Waals surface area contributed by atoms with Gasteiger partial charge in [-0.1, -0.05) is 13.8 Å². The van der Waals surface area contributed by atoms with E-state index in [1.807, 2.05) is 0 Å². The number of esters is 4. The zero-order valence-corrected chi connectivity index (χ0v) is 31.2. The second-order valence-electron chi connectivity index (χ2n) is 14.5. The monoisotopic (exact) mass is 784 g/mol. The second-order valence-corrected chi connectivity index (χ2v) is 17.5. The van der Waals surface area contributed by atoms with Gasteiger partial charge in [-0.15, -0.1) is 0 Å². The molecule has 2 saturated carbocycles. The van der Waals surface area contributed by atoms with Crippen LogP contribution in [0.5, 0.6) is 0 Å². The lowest BCUT2D eigenvalue weighted by atomic mass is 9.77. The van der Waals surface area contributed by atoms with Crippen molar-refractivity contribution >= 4 is 44.1 Å². The molecular formula is C31H48F4O14S2. The molecule has 296 valence electrons. The van der Waals surface area contributed by atoms with Gasteiger partial charge in [0.05, 0.1) is 23.2 Å². The van der Waals surface area contributed by atoms with Crippen molar-refractivity contribution < 1.29 is 81.6 Å². The summed E-state index contributed by atoms with van der Waals surface area (Å²) in [5.74, 6) is -5.98. The first kappa shape index (κ1) is 44.6. The van der Waals surface area contributed by atoms with Crippen molar-refractivity contribution in [3.05, 3.63) is 0 Å². The topological polar surface area (TPSA) is 214 Å². The Balaban J connectivity index is 1.93. The Morgan fingerprint density at radius 2 is 1.06 bits per heavy atom. The van der Waals surface area contributed by atoms with E-state index < -0.39 is 101 Å². The van der Waals surface area contributed by atoms with Gasteiger partial charge in [0.1, 0.15) is 11.2 Å². The zero-order valence-electron chi connectivity index (χ0n) is 29.6. The van der Waals surface area contributed by atoms with Crippen LogP contribution in [0.15, 0.2) is 0 Å². The molecule has 2 fully saturated rings. The molecule has 0 aromatic rings. The summed E-state index contributed by atoms with van der Waals surface area (Å²) in [6.07, 6.45) is -3.70. The summed E-state index contributed by atoms with van der Waals surface area (Å²) in [4.78, 5) is 51.5. The van der Waals surface area contributed by atoms with E-state index in [4.69, 9.17) is 18.6 Å². The van der Waals surface area contributed by atoms with E-state index in [-0.39, 0.29) is 64.2 Å². The predicted molar refractivity (Wildman–Crippen MR) is 169 cm³/mol. The fourth-order valence-corrected chi connectivity index (χ4v) is 6.99. The number of carbonyl (C=O) groups excluding carboxylic acids is 4. The number of halogens is 4. The lowest BCUT2D eigenvalue weighted by Gasteiger charge is -2.40. The van der Waals surface area contributed by atoms with Crippen LogP contribution in [0.4, 0.5) is 17.6 Å². The molecule has 0 amide bonds. The van der Waals surface area contributed by atoms with Gasteiger partial charge in [-0.25, -0.2) is 0 Å². The van der Waals surface area contributed by atoms with Gasteiger partial charge >= 0.3 is 54.6 Å². The minimum absolute atomic E-state index is 0.0248. The Morgan fingerprint density at radius 3 is 1.37 bits per heavy atom. The van der Waals surface area contributed by atoms with Gasteiger partial charge in [0.15, 0.2) is 12.2 Å². The molecular weight excluding hydrogens is 736 g/mol. The van der Waals surface area contributed by atoms with Crippen LogP contribution in [0.2, 0.25) is 0 Å². The van der Waals surface area contributed by atoms with Crippen molar-refractivity contribution in [1.29, 1.82) is 0 Å². The third kappa shape index (κ3) is 10.7. The van der Waals surface area contributed by atoms with E-state index >= 15 is 0 Å². The van der Waals surface area contributed by atoms with Crippen molar-refractivity contribution in [2.24, 2.45) is 23.2 Å². The highest BCUT2D eigenvalue weighted by Crippen LogP contribution is 2.42. The minimum atomic E-state index is -5.82. The van der Waals surface area contributed by atoms with Gasteiger partial charge in [0.25, 0.3) is 0 Å². The number of rotatable bonds is 15. The highest BCUT2D eigenvalue weighted by Gasteiger charge is 2.54. The van der Waals surface area contributed by atoms with Crippen LogP contribution in [-0.2, 0) is 58.4 Å². The van der Waals surface area contributed by atoms with E-state index in [0.717, 1.165) is 0 Å². The summed E-state index contributed by atoms with van der Waals surface area (Å²) in [6.45, 7) is 9.47. The van der Waals surface area contributed by atoms with Gasteiger partial charge in [0, 0.05) is 0 Å². The summed E-state index contributed by atoms with van der Waals surface area (Å²) >= 11 is 0. The van der Waals surface area contributed by atoms with Gasteiger partial charge in [0.2, 0.25) is 0 Å². The molecule has 4 unspecified atom stereocenters. The fourth-order valence-electron chi connectivity index (χ4n) is 6.05. The van der Waals surface area contributed by atoms with Crippen molar-refractivity contribution in [3.63, 3.8) is 0 Å². The van der Waals surface area contributed by atoms with Gasteiger partial charge in [-0.05, 0) is 98.8 Å². The van der Waals surface area contributed by atoms with Crippen LogP contribution in [-0.4, -0.2) is 83.7 Å². The average molecular weight is 785 g/mol. The predicted octanol–water partition coefficient (Wildman–Crippen LogP) is 5.24. The number of hydrogen-bond acceptors (Lipinski definition) is 12. The molecule has 14 nitrogen and oxygen atoms in total. The van der Waals surface area contributed by atoms with E-state index in [1.165, 1.54) is 0 Å². The molecule has 2 N–H and O–H groups in total. The van der Waals surface area contributed by atoms with E-state index in [1.54, 1.807) is 34.6 Å². The largest absolute Gasteiger partial charge is 0.459 e. The summed E-state index contributed by atoms with van der Waals surface area (Å²) in [7, 11) is -11.6. The maximum atomic E-state index is 13.8. The Kier molecular flexibility index (Phi) is 13.8. The van der Waals surface area contributed by atoms with Crippen LogP contribution >= 0.6 is 0 Å². The summed E-state index contributed by atoms with van der Waals surface area (Å²) in [5, 5.41) is -9.41. The number of ether oxygens (including phenoxy) is 4. The standard InChI is InChI=1S/C31H48F4O14S2/c1-8-27(5,26(39)49-29(7)15-11-22(12-16-29)25(38)47-20(4)31(34,35)51(43,44)45)17-18(2)23(36)48-28(6)13-9-21(10-14-28)24(37)46-19(3)30(32,33)50(40,41)42/h18-22H,8-17H2,1-7H3,(H,40,41,42)(H,43,44,45). The molecule has 0 aromatic carbocycles. The maximum Gasteiger partial charge on any atom is 0.405 e. The average Bonchev–Trinajstić information content (AvgIpc) is 2.99. The molecule has 0 radical (unpaired) electrons. The third-order valence-corrected chi connectivity index (χ3v) is 12.1. The smallest absolute Gasteiger partial charge is 0.405 e.